The van der Waals surface area contributed by atoms with Gasteiger partial charge in [-0.2, -0.15) is 5.10 Å². The fraction of sp³-hybridized carbons (Fsp3) is 0.222. The zero-order valence-electron chi connectivity index (χ0n) is 11.7. The lowest BCUT2D eigenvalue weighted by molar-refractivity contribution is 0.768. The van der Waals surface area contributed by atoms with Crippen molar-refractivity contribution in [3.8, 4) is 11.3 Å². The van der Waals surface area contributed by atoms with Crippen molar-refractivity contribution in [3.63, 3.8) is 0 Å². The highest BCUT2D eigenvalue weighted by molar-refractivity contribution is 5.95. The predicted octanol–water partition coefficient (Wildman–Crippen LogP) is 4.64. The van der Waals surface area contributed by atoms with E-state index in [1.807, 2.05) is 18.2 Å². The standard InChI is InChI=1S/C18H18N2/c1-2-3-13-17-15-11-7-8-12-16(15)18(20-19-17)14-9-5-4-6-10-14/h4-12H,2-3,13H2,1H3. The molecule has 0 aliphatic rings. The van der Waals surface area contributed by atoms with E-state index in [0.29, 0.717) is 0 Å². The Balaban J connectivity index is 2.16. The van der Waals surface area contributed by atoms with Gasteiger partial charge >= 0.3 is 0 Å². The van der Waals surface area contributed by atoms with Crippen LogP contribution in [-0.2, 0) is 6.42 Å². The van der Waals surface area contributed by atoms with Gasteiger partial charge in [0.15, 0.2) is 0 Å². The van der Waals surface area contributed by atoms with Crippen LogP contribution in [0.3, 0.4) is 0 Å². The summed E-state index contributed by atoms with van der Waals surface area (Å²) in [5.74, 6) is 0. The number of benzene rings is 2. The summed E-state index contributed by atoms with van der Waals surface area (Å²) < 4.78 is 0. The van der Waals surface area contributed by atoms with E-state index in [1.54, 1.807) is 0 Å². The number of nitrogens with zero attached hydrogens (tertiary/aromatic N) is 2. The average molecular weight is 262 g/mol. The van der Waals surface area contributed by atoms with Gasteiger partial charge in [0, 0.05) is 16.3 Å². The molecule has 0 bridgehead atoms. The van der Waals surface area contributed by atoms with Crippen LogP contribution in [0.5, 0.6) is 0 Å². The van der Waals surface area contributed by atoms with Crippen molar-refractivity contribution in [3.05, 3.63) is 60.3 Å². The molecule has 0 spiro atoms. The second kappa shape index (κ2) is 5.83. The van der Waals surface area contributed by atoms with E-state index in [9.17, 15) is 0 Å². The molecule has 2 aromatic carbocycles. The molecule has 1 heterocycles. The largest absolute Gasteiger partial charge is 0.154 e. The number of rotatable bonds is 4. The van der Waals surface area contributed by atoms with Crippen molar-refractivity contribution in [2.24, 2.45) is 0 Å². The van der Waals surface area contributed by atoms with E-state index in [0.717, 1.165) is 29.8 Å². The Morgan fingerprint density at radius 3 is 2.25 bits per heavy atom. The maximum absolute atomic E-state index is 4.48. The number of aromatic nitrogens is 2. The first-order valence-corrected chi connectivity index (χ1v) is 7.20. The van der Waals surface area contributed by atoms with E-state index >= 15 is 0 Å². The highest BCUT2D eigenvalue weighted by Gasteiger charge is 2.09. The first-order valence-electron chi connectivity index (χ1n) is 7.20. The maximum Gasteiger partial charge on any atom is 0.101 e. The lowest BCUT2D eigenvalue weighted by Gasteiger charge is -2.09. The van der Waals surface area contributed by atoms with Crippen LogP contribution in [0, 0.1) is 0 Å². The second-order valence-electron chi connectivity index (χ2n) is 5.01. The third-order valence-corrected chi connectivity index (χ3v) is 3.58. The van der Waals surface area contributed by atoms with Gasteiger partial charge in [0.25, 0.3) is 0 Å². The van der Waals surface area contributed by atoms with Crippen LogP contribution in [0.1, 0.15) is 25.5 Å². The number of unbranched alkanes of at least 4 members (excludes halogenated alkanes) is 1. The average Bonchev–Trinajstić information content (AvgIpc) is 2.53. The van der Waals surface area contributed by atoms with Gasteiger partial charge in [-0.1, -0.05) is 67.9 Å². The quantitative estimate of drug-likeness (QED) is 0.684. The van der Waals surface area contributed by atoms with Crippen molar-refractivity contribution >= 4 is 10.8 Å². The molecule has 0 aliphatic heterocycles. The third kappa shape index (κ3) is 2.42. The maximum atomic E-state index is 4.48. The van der Waals surface area contributed by atoms with E-state index < -0.39 is 0 Å². The Hall–Kier alpha value is -2.22. The van der Waals surface area contributed by atoms with Crippen molar-refractivity contribution in [1.29, 1.82) is 0 Å². The lowest BCUT2D eigenvalue weighted by atomic mass is 10.0. The lowest BCUT2D eigenvalue weighted by Crippen LogP contribution is -1.98. The Labute approximate surface area is 119 Å². The molecule has 3 rings (SSSR count). The zero-order valence-corrected chi connectivity index (χ0v) is 11.7. The molecule has 0 radical (unpaired) electrons. The molecule has 20 heavy (non-hydrogen) atoms. The fourth-order valence-corrected chi connectivity index (χ4v) is 2.50. The molecule has 100 valence electrons. The van der Waals surface area contributed by atoms with Gasteiger partial charge in [-0.15, -0.1) is 5.10 Å². The van der Waals surface area contributed by atoms with Crippen molar-refractivity contribution in [2.45, 2.75) is 26.2 Å². The van der Waals surface area contributed by atoms with Gasteiger partial charge in [-0.3, -0.25) is 0 Å². The zero-order chi connectivity index (χ0) is 13.8. The van der Waals surface area contributed by atoms with Gasteiger partial charge in [0.05, 0.1) is 5.69 Å². The van der Waals surface area contributed by atoms with Crippen LogP contribution in [0.25, 0.3) is 22.0 Å². The molecular formula is C18H18N2. The normalized spacial score (nSPS) is 10.8. The number of hydrogen-bond acceptors (Lipinski definition) is 2. The first kappa shape index (κ1) is 12.8. The summed E-state index contributed by atoms with van der Waals surface area (Å²) in [6.07, 6.45) is 3.33. The predicted molar refractivity (Wildman–Crippen MR) is 83.6 cm³/mol. The SMILES string of the molecule is CCCCc1nnc(-c2ccccc2)c2ccccc12. The van der Waals surface area contributed by atoms with Gasteiger partial charge < -0.3 is 0 Å². The van der Waals surface area contributed by atoms with E-state index in [-0.39, 0.29) is 0 Å². The molecule has 1 aromatic heterocycles. The summed E-state index contributed by atoms with van der Waals surface area (Å²) in [5, 5.41) is 11.4. The summed E-state index contributed by atoms with van der Waals surface area (Å²) >= 11 is 0. The Morgan fingerprint density at radius 2 is 1.50 bits per heavy atom. The number of aryl methyl sites for hydroxylation is 1. The number of hydrogen-bond donors (Lipinski definition) is 0. The molecule has 0 unspecified atom stereocenters. The molecule has 0 fully saturated rings. The Bertz CT molecular complexity index is 705. The summed E-state index contributed by atoms with van der Waals surface area (Å²) in [5.41, 5.74) is 3.21. The summed E-state index contributed by atoms with van der Waals surface area (Å²) in [6.45, 7) is 2.20. The van der Waals surface area contributed by atoms with E-state index in [1.165, 1.54) is 17.2 Å². The first-order chi connectivity index (χ1) is 9.90. The molecule has 2 heteroatoms. The van der Waals surface area contributed by atoms with Crippen LogP contribution in [0.15, 0.2) is 54.6 Å². The van der Waals surface area contributed by atoms with Gasteiger partial charge in [0.1, 0.15) is 5.69 Å². The van der Waals surface area contributed by atoms with E-state index in [2.05, 4.69) is 53.5 Å². The molecule has 0 aliphatic carbocycles. The summed E-state index contributed by atoms with van der Waals surface area (Å²) in [4.78, 5) is 0. The van der Waals surface area contributed by atoms with Crippen molar-refractivity contribution < 1.29 is 0 Å². The molecule has 0 saturated carbocycles. The molecule has 2 nitrogen and oxygen atoms in total. The highest BCUT2D eigenvalue weighted by Crippen LogP contribution is 2.27. The topological polar surface area (TPSA) is 25.8 Å². The van der Waals surface area contributed by atoms with Crippen molar-refractivity contribution in [2.75, 3.05) is 0 Å². The molecule has 3 aromatic rings. The third-order valence-electron chi connectivity index (χ3n) is 3.58. The van der Waals surface area contributed by atoms with Gasteiger partial charge in [-0.05, 0) is 12.8 Å². The molecular weight excluding hydrogens is 244 g/mol. The van der Waals surface area contributed by atoms with Crippen LogP contribution >= 0.6 is 0 Å². The van der Waals surface area contributed by atoms with Gasteiger partial charge in [-0.25, -0.2) is 0 Å². The van der Waals surface area contributed by atoms with Crippen LogP contribution in [-0.4, -0.2) is 10.2 Å². The minimum atomic E-state index is 0.974. The Morgan fingerprint density at radius 1 is 0.800 bits per heavy atom. The summed E-state index contributed by atoms with van der Waals surface area (Å²) in [7, 11) is 0. The van der Waals surface area contributed by atoms with E-state index in [4.69, 9.17) is 0 Å². The van der Waals surface area contributed by atoms with Gasteiger partial charge in [0.2, 0.25) is 0 Å². The van der Waals surface area contributed by atoms with Crippen LogP contribution in [0.4, 0.5) is 0 Å². The summed E-state index contributed by atoms with van der Waals surface area (Å²) in [6, 6.07) is 18.7. The Kier molecular flexibility index (Phi) is 3.73. The molecule has 0 amide bonds. The smallest absolute Gasteiger partial charge is 0.101 e. The minimum absolute atomic E-state index is 0.974. The molecule has 0 atom stereocenters. The highest BCUT2D eigenvalue weighted by atomic mass is 15.1. The van der Waals surface area contributed by atoms with Crippen LogP contribution in [0.2, 0.25) is 0 Å². The van der Waals surface area contributed by atoms with Crippen LogP contribution < -0.4 is 0 Å². The molecule has 0 N–H and O–H groups in total. The monoisotopic (exact) mass is 262 g/mol. The molecule has 0 saturated heterocycles. The number of fused-ring (bicyclic) bond motifs is 1. The van der Waals surface area contributed by atoms with Crippen molar-refractivity contribution in [1.82, 2.24) is 10.2 Å². The second-order valence-corrected chi connectivity index (χ2v) is 5.01. The minimum Gasteiger partial charge on any atom is -0.154 e. The fourth-order valence-electron chi connectivity index (χ4n) is 2.50.